The van der Waals surface area contributed by atoms with Crippen molar-refractivity contribution in [3.05, 3.63) is 0 Å². The molecule has 0 aliphatic heterocycles. The normalized spacial score (nSPS) is 5.82. The first kappa shape index (κ1) is 116. The van der Waals surface area contributed by atoms with Crippen molar-refractivity contribution in [3.8, 4) is 0 Å². The van der Waals surface area contributed by atoms with Gasteiger partial charge in [-0.1, -0.05) is 0 Å². The van der Waals surface area contributed by atoms with Crippen LogP contribution in [0.2, 0.25) is 0 Å². The van der Waals surface area contributed by atoms with Gasteiger partial charge in [-0.25, -0.2) is 0 Å². The summed E-state index contributed by atoms with van der Waals surface area (Å²) in [5, 5.41) is 0. The zero-order valence-electron chi connectivity index (χ0n) is 24.9. The largest absolute Gasteiger partial charge is 2.00 e. The quantitative estimate of drug-likeness (QED) is 0.123. The molecular weight excluding hydrogens is 2700 g/mol. The van der Waals surface area contributed by atoms with Gasteiger partial charge in [0, 0.05) is 0 Å². The molecule has 0 aliphatic rings. The summed E-state index contributed by atoms with van der Waals surface area (Å²) >= 11 is -53.8. The van der Waals surface area contributed by atoms with Crippen molar-refractivity contribution in [3.63, 3.8) is 0 Å². The predicted octanol–water partition coefficient (Wildman–Crippen LogP) is -17.4. The molecule has 0 saturated carbocycles. The third-order valence-corrected chi connectivity index (χ3v) is 0. The Labute approximate surface area is 527 Å². The van der Waals surface area contributed by atoms with Crippen LogP contribution in [0, 0.1) is 0 Å². The summed E-state index contributed by atoms with van der Waals surface area (Å²) in [7, 11) is 0. The third kappa shape index (κ3) is 2780. The summed E-state index contributed by atoms with van der Waals surface area (Å²) in [6.45, 7) is 0. The van der Waals surface area contributed by atoms with E-state index in [0.717, 1.165) is 0 Å². The monoisotopic (exact) mass is 2710 g/mol. The van der Waals surface area contributed by atoms with E-state index in [0.29, 0.717) is 0 Å². The summed E-state index contributed by atoms with van der Waals surface area (Å²) in [5.74, 6) is 0. The molecule has 0 saturated heterocycles. The van der Waals surface area contributed by atoms with E-state index >= 15 is 0 Å². The van der Waals surface area contributed by atoms with Crippen molar-refractivity contribution in [2.45, 2.75) is 0 Å². The second-order valence-electron chi connectivity index (χ2n) is 3.02. The molecule has 0 amide bonds. The molecule has 0 fully saturated rings. The molecule has 39 nitrogen and oxygen atoms in total. The van der Waals surface area contributed by atoms with Crippen molar-refractivity contribution in [2.24, 2.45) is 0 Å². The van der Waals surface area contributed by atoms with Crippen molar-refractivity contribution >= 4 is 166 Å². The van der Waals surface area contributed by atoms with Gasteiger partial charge in [0.15, 0.2) is 0 Å². The van der Waals surface area contributed by atoms with Crippen LogP contribution in [-0.4, -0.2) is 188 Å². The van der Waals surface area contributed by atoms with Gasteiger partial charge in [0.1, 0.15) is 0 Å². The van der Waals surface area contributed by atoms with Crippen LogP contribution >= 0.6 is 0 Å². The summed E-state index contributed by atoms with van der Waals surface area (Å²) in [6.07, 6.45) is 0. The fourth-order valence-corrected chi connectivity index (χ4v) is 0. The van der Waals surface area contributed by atoms with Gasteiger partial charge in [-0.3, -0.25) is 0 Å². The zero-order valence-corrected chi connectivity index (χ0v) is 72.7. The maximum absolute atomic E-state index is 8.71. The Kier molecular flexibility index (Phi) is 229. The molecular formula is H6Ba2MgNb6O39SrTa6Ti. The molecule has 0 aromatic rings. The first-order chi connectivity index (χ1) is 22.5. The van der Waals surface area contributed by atoms with E-state index in [2.05, 4.69) is 0 Å². The van der Waals surface area contributed by atoms with Crippen molar-refractivity contribution < 1.29 is 376 Å². The van der Waals surface area contributed by atoms with Gasteiger partial charge in [-0.2, -0.15) is 0 Å². The Morgan fingerprint density at radius 2 is 0.321 bits per heavy atom. The molecule has 0 bridgehead atoms. The van der Waals surface area contributed by atoms with Crippen LogP contribution in [0.15, 0.2) is 0 Å². The van der Waals surface area contributed by atoms with Crippen LogP contribution < -0.4 is 29.1 Å². The van der Waals surface area contributed by atoms with Gasteiger partial charge in [-0.05, 0) is 0 Å². The summed E-state index contributed by atoms with van der Waals surface area (Å²) < 4.78 is 328. The van der Waals surface area contributed by atoms with Crippen molar-refractivity contribution in [1.82, 2.24) is 0 Å². The first-order valence-electron chi connectivity index (χ1n) is 7.29. The van der Waals surface area contributed by atoms with E-state index in [-0.39, 0.29) is 166 Å². The fraction of sp³-hybridized carbons (Fsp3) is 0. The molecule has 0 heterocycles. The molecule has 0 rings (SSSR count). The molecule has 0 aromatic carbocycles. The van der Waals surface area contributed by atoms with Gasteiger partial charge >= 0.3 is 542 Å². The van der Waals surface area contributed by atoms with Gasteiger partial charge in [0.05, 0.1) is 0 Å². The molecule has 0 unspecified atom stereocenters. The molecule has 0 spiro atoms. The molecule has 0 radical (unpaired) electrons. The SMILES string of the molecule is [Ba+2].[Ba+2].[Mg+2].[O]=[Nb](=[O])[OH].[O]=[Nb](=[O])[OH].[O]=[Nb](=[O])[OH].[O]=[Nb](=[O])[OH].[O]=[Nb](=[O])[OH].[O]=[Nb](=[O])[OH].[O]=[Ta](=[O])[O-].[O]=[Ta](=[O])[O-].[O]=[Ta](=[O])[O-].[O]=[Ta](=[O])[O-].[O]=[Ta](=[O])[O-].[O]=[Ta](=[O])[O-].[O]=[Ti]([O-])[O-].[Sr+2]. The van der Waals surface area contributed by atoms with Gasteiger partial charge in [-0.15, -0.1) is 0 Å². The van der Waals surface area contributed by atoms with E-state index in [1.165, 1.54) is 0 Å². The van der Waals surface area contributed by atoms with Crippen LogP contribution in [0.3, 0.4) is 0 Å². The summed E-state index contributed by atoms with van der Waals surface area (Å²) in [6, 6.07) is 0. The summed E-state index contributed by atoms with van der Waals surface area (Å²) in [5.41, 5.74) is 0. The van der Waals surface area contributed by atoms with Crippen LogP contribution in [0.4, 0.5) is 0 Å². The number of hydrogen-bond donors (Lipinski definition) is 6. The zero-order chi connectivity index (χ0) is 46.5. The second-order valence-corrected chi connectivity index (χ2v) is 20.5. The van der Waals surface area contributed by atoms with E-state index in [9.17, 15) is 0 Å². The van der Waals surface area contributed by atoms with E-state index in [1.807, 2.05) is 0 Å². The molecule has 0 atom stereocenters. The Morgan fingerprint density at radius 1 is 0.321 bits per heavy atom. The molecule has 0 aromatic heterocycles. The van der Waals surface area contributed by atoms with E-state index in [1.54, 1.807) is 0 Å². The average Bonchev–Trinajstić information content (AvgIpc) is 2.67. The molecule has 56 heteroatoms. The maximum atomic E-state index is 8.71. The molecule has 6 N–H and O–H groups in total. The van der Waals surface area contributed by atoms with Crippen molar-refractivity contribution in [1.29, 1.82) is 0 Å². The average molecular weight is 2710 g/mol. The minimum Gasteiger partial charge on any atom is 2.00 e. The minimum atomic E-state index is -4.34. The van der Waals surface area contributed by atoms with Crippen LogP contribution in [0.5, 0.6) is 0 Å². The Balaban J connectivity index is -0.0000000195. The molecule has 312 valence electrons. The standard InChI is InChI=1S/2Ba.Mg.6Nb.6H2O.33O.Sr.6Ta.Ti/h;;;;;;;;;6*1H2;;;;;;;;;;;;;;;;;;;;;;;;;;;;;;;;;;;;;;;;;/q3*+2;6*+1;;;;;;;;;;;;;;;;;;;;;;;;;;;;;;;;8*-1;+2;;;;;;;/p-6. The van der Waals surface area contributed by atoms with E-state index < -0.39 is 244 Å². The van der Waals surface area contributed by atoms with Crippen LogP contribution in [0.25, 0.3) is 0 Å². The third-order valence-electron chi connectivity index (χ3n) is 0. The second kappa shape index (κ2) is 111. The Morgan fingerprint density at radius 3 is 0.321 bits per heavy atom. The first-order valence-corrected chi connectivity index (χ1v) is 49.5. The van der Waals surface area contributed by atoms with Crippen molar-refractivity contribution in [2.75, 3.05) is 0 Å². The smallest absolute Gasteiger partial charge is 2.00 e. The van der Waals surface area contributed by atoms with Gasteiger partial charge < -0.3 is 0 Å². The maximum Gasteiger partial charge on any atom is 2.00 e. The molecule has 0 aliphatic carbocycles. The van der Waals surface area contributed by atoms with Crippen LogP contribution in [0.1, 0.15) is 0 Å². The topological polar surface area (TPSA) is 733 Å². The van der Waals surface area contributed by atoms with E-state index in [4.69, 9.17) is 132 Å². The number of rotatable bonds is 0. The molecule has 56 heavy (non-hydrogen) atoms. The Bertz CT molecular complexity index is 1190. The predicted molar refractivity (Wildman–Crippen MR) is 53.5 cm³/mol. The van der Waals surface area contributed by atoms with Gasteiger partial charge in [0.25, 0.3) is 0 Å². The van der Waals surface area contributed by atoms with Gasteiger partial charge in [0.2, 0.25) is 0 Å². The summed E-state index contributed by atoms with van der Waals surface area (Å²) in [4.78, 5) is 0. The minimum absolute atomic E-state index is 0. The van der Waals surface area contributed by atoms with Crippen LogP contribution in [-0.2, 0) is 325 Å². The number of hydrogen-bond acceptors (Lipinski definition) is 33. The Hall–Kier alpha value is 9.43. The fourth-order valence-electron chi connectivity index (χ4n) is 0.